The summed E-state index contributed by atoms with van der Waals surface area (Å²) in [5, 5.41) is 11.3. The summed E-state index contributed by atoms with van der Waals surface area (Å²) >= 11 is 0. The summed E-state index contributed by atoms with van der Waals surface area (Å²) < 4.78 is 33.0. The van der Waals surface area contributed by atoms with Gasteiger partial charge in [0.05, 0.1) is 37.9 Å². The number of benzene rings is 3. The predicted octanol–water partition coefficient (Wildman–Crippen LogP) is 6.44. The Hall–Kier alpha value is -2.67. The molecule has 0 spiro atoms. The van der Waals surface area contributed by atoms with Gasteiger partial charge in [0, 0.05) is 16.9 Å². The lowest BCUT2D eigenvalue weighted by Crippen LogP contribution is -2.37. The first-order valence-corrected chi connectivity index (χ1v) is 14.6. The van der Waals surface area contributed by atoms with E-state index in [2.05, 4.69) is 45.4 Å². The number of sulfone groups is 1. The molecule has 1 aliphatic rings. The van der Waals surface area contributed by atoms with Crippen molar-refractivity contribution in [1.82, 2.24) is 0 Å². The molecule has 3 aromatic rings. The molecule has 0 fully saturated rings. The fourth-order valence-electron chi connectivity index (χ4n) is 4.88. The van der Waals surface area contributed by atoms with Crippen molar-refractivity contribution in [1.29, 1.82) is 0 Å². The highest BCUT2D eigenvalue weighted by atomic mass is 32.2. The van der Waals surface area contributed by atoms with Crippen LogP contribution < -0.4 is 4.74 Å². The molecule has 208 valence electrons. The Bertz CT molecular complexity index is 1270. The summed E-state index contributed by atoms with van der Waals surface area (Å²) in [7, 11) is 3.02. The van der Waals surface area contributed by atoms with Gasteiger partial charge in [-0.3, -0.25) is 0 Å². The van der Waals surface area contributed by atoms with Crippen molar-refractivity contribution in [3.05, 3.63) is 95.1 Å². The average Bonchev–Trinajstić information content (AvgIpc) is 2.90. The van der Waals surface area contributed by atoms with E-state index < -0.39 is 27.3 Å². The monoisotopic (exact) mass is 540 g/mol. The molecule has 1 aliphatic heterocycles. The summed E-state index contributed by atoms with van der Waals surface area (Å²) in [6, 6.07) is 23.2. The molecule has 4 rings (SSSR count). The highest BCUT2D eigenvalue weighted by Gasteiger charge is 2.44. The Balaban J connectivity index is 0.00000165. The first-order valence-electron chi connectivity index (χ1n) is 13.0. The number of rotatable bonds is 6. The Morgan fingerprint density at radius 2 is 1.45 bits per heavy atom. The van der Waals surface area contributed by atoms with Crippen molar-refractivity contribution in [2.45, 2.75) is 65.2 Å². The van der Waals surface area contributed by atoms with Crippen LogP contribution in [0.2, 0.25) is 0 Å². The van der Waals surface area contributed by atoms with Crippen LogP contribution in [0.3, 0.4) is 0 Å². The lowest BCUT2D eigenvalue weighted by Gasteiger charge is -2.33. The quantitative estimate of drug-likeness (QED) is 0.366. The van der Waals surface area contributed by atoms with Crippen molar-refractivity contribution >= 4 is 9.84 Å². The topological polar surface area (TPSA) is 63.6 Å². The van der Waals surface area contributed by atoms with Crippen molar-refractivity contribution < 1.29 is 22.7 Å². The molecule has 0 aromatic heterocycles. The van der Waals surface area contributed by atoms with Crippen LogP contribution >= 0.6 is 0 Å². The largest absolute Gasteiger partial charge is 0.489 e. The van der Waals surface area contributed by atoms with Crippen molar-refractivity contribution in [2.75, 3.05) is 26.9 Å². The van der Waals surface area contributed by atoms with E-state index >= 15 is 0 Å². The third kappa shape index (κ3) is 7.46. The summed E-state index contributed by atoms with van der Waals surface area (Å²) in [5.41, 5.74) is 3.10. The summed E-state index contributed by atoms with van der Waals surface area (Å²) in [6.45, 7) is 9.07. The number of hydrogen-bond donors (Lipinski definition) is 1. The normalized spacial score (nSPS) is 19.6. The van der Waals surface area contributed by atoms with Gasteiger partial charge in [-0.2, -0.15) is 0 Å². The molecular weight excluding hydrogens is 494 g/mol. The molecular formula is C32H46NO4S+. The minimum atomic E-state index is -3.51. The molecule has 1 N–H and O–H groups in total. The van der Waals surface area contributed by atoms with Crippen LogP contribution in [0.15, 0.2) is 77.7 Å². The minimum absolute atomic E-state index is 0. The zero-order valence-corrected chi connectivity index (χ0v) is 24.0. The standard InChI is InChI=1S/C29H36NO4S.C2H6.CH4/c1-29(2)20-35(32,33)26-9-7-6-8-25(26)27(28(29)31)23-14-16-24(17-15-23)34-19-22-12-10-21(11-13-22)18-30(3,4)5;1-2;/h6-17,27-28,31H,18-20H2,1-5H3;1-2H3;1H4/q+1;;/t27-,28-;;/m0../s1. The van der Waals surface area contributed by atoms with Crippen LogP contribution in [0.5, 0.6) is 5.75 Å². The molecule has 6 heteroatoms. The molecule has 0 radical (unpaired) electrons. The van der Waals surface area contributed by atoms with Gasteiger partial charge < -0.3 is 14.3 Å². The van der Waals surface area contributed by atoms with Crippen molar-refractivity contribution in [3.63, 3.8) is 0 Å². The van der Waals surface area contributed by atoms with Crippen molar-refractivity contribution in [2.24, 2.45) is 5.41 Å². The Morgan fingerprint density at radius 1 is 0.895 bits per heavy atom. The zero-order valence-electron chi connectivity index (χ0n) is 23.2. The second-order valence-electron chi connectivity index (χ2n) is 11.3. The maximum absolute atomic E-state index is 13.1. The number of hydrogen-bond acceptors (Lipinski definition) is 4. The van der Waals surface area contributed by atoms with Gasteiger partial charge in [0.25, 0.3) is 0 Å². The number of ether oxygens (including phenoxy) is 1. The first-order chi connectivity index (χ1) is 17.4. The lowest BCUT2D eigenvalue weighted by molar-refractivity contribution is -0.884. The molecule has 0 amide bonds. The van der Waals surface area contributed by atoms with E-state index in [0.29, 0.717) is 17.1 Å². The van der Waals surface area contributed by atoms with Gasteiger partial charge >= 0.3 is 0 Å². The number of fused-ring (bicyclic) bond motifs is 1. The minimum Gasteiger partial charge on any atom is -0.489 e. The molecule has 3 aromatic carbocycles. The molecule has 0 saturated heterocycles. The maximum Gasteiger partial charge on any atom is 0.179 e. The van der Waals surface area contributed by atoms with Crippen molar-refractivity contribution in [3.8, 4) is 5.75 Å². The second kappa shape index (κ2) is 12.5. The number of aliphatic hydroxyl groups excluding tert-OH is 1. The molecule has 38 heavy (non-hydrogen) atoms. The van der Waals surface area contributed by atoms with E-state index in [0.717, 1.165) is 27.9 Å². The van der Waals surface area contributed by atoms with E-state index in [1.807, 2.05) is 64.1 Å². The average molecular weight is 541 g/mol. The van der Waals surface area contributed by atoms with Crippen LogP contribution in [-0.4, -0.2) is 51.0 Å². The fraction of sp³-hybridized carbons (Fsp3) is 0.438. The highest BCUT2D eigenvalue weighted by Crippen LogP contribution is 2.44. The molecule has 0 bridgehead atoms. The fourth-order valence-corrected chi connectivity index (χ4v) is 7.03. The highest BCUT2D eigenvalue weighted by molar-refractivity contribution is 7.91. The van der Waals surface area contributed by atoms with Gasteiger partial charge in [0.2, 0.25) is 0 Å². The smallest absolute Gasteiger partial charge is 0.179 e. The maximum atomic E-state index is 13.1. The van der Waals surface area contributed by atoms with E-state index in [1.165, 1.54) is 5.56 Å². The summed E-state index contributed by atoms with van der Waals surface area (Å²) in [4.78, 5) is 0.309. The summed E-state index contributed by atoms with van der Waals surface area (Å²) in [6.07, 6.45) is -0.849. The van der Waals surface area contributed by atoms with E-state index in [4.69, 9.17) is 4.74 Å². The first kappa shape index (κ1) is 31.5. The number of aliphatic hydroxyl groups is 1. The number of nitrogens with zero attached hydrogens (tertiary/aromatic N) is 1. The van der Waals surface area contributed by atoms with Gasteiger partial charge in [-0.25, -0.2) is 8.42 Å². The Kier molecular flexibility index (Phi) is 10.3. The van der Waals surface area contributed by atoms with Crippen LogP contribution in [0.25, 0.3) is 0 Å². The third-order valence-corrected chi connectivity index (χ3v) is 8.76. The van der Waals surface area contributed by atoms with Crippen LogP contribution in [0.4, 0.5) is 0 Å². The molecule has 0 aliphatic carbocycles. The van der Waals surface area contributed by atoms with Crippen LogP contribution in [-0.2, 0) is 23.0 Å². The number of quaternary nitrogens is 1. The van der Waals surface area contributed by atoms with Gasteiger partial charge in [-0.1, -0.05) is 89.7 Å². The van der Waals surface area contributed by atoms with E-state index in [1.54, 1.807) is 12.1 Å². The molecule has 5 nitrogen and oxygen atoms in total. The molecule has 1 heterocycles. The van der Waals surface area contributed by atoms with E-state index in [9.17, 15) is 13.5 Å². The predicted molar refractivity (Wildman–Crippen MR) is 157 cm³/mol. The second-order valence-corrected chi connectivity index (χ2v) is 13.3. The van der Waals surface area contributed by atoms with Gasteiger partial charge in [-0.05, 0) is 34.9 Å². The van der Waals surface area contributed by atoms with Crippen LogP contribution in [0, 0.1) is 5.41 Å². The SMILES string of the molecule is C.CC.CC1(C)CS(=O)(=O)c2ccccc2[C@H](c2ccc(OCc3ccc(C[N+](C)(C)C)cc3)cc2)[C@@H]1O. The third-order valence-electron chi connectivity index (χ3n) is 6.59. The Morgan fingerprint density at radius 3 is 2.03 bits per heavy atom. The van der Waals surface area contributed by atoms with E-state index in [-0.39, 0.29) is 13.2 Å². The van der Waals surface area contributed by atoms with Gasteiger partial charge in [0.15, 0.2) is 9.84 Å². The van der Waals surface area contributed by atoms with Gasteiger partial charge in [0.1, 0.15) is 18.9 Å². The van der Waals surface area contributed by atoms with Crippen LogP contribution in [0.1, 0.15) is 63.3 Å². The summed E-state index contributed by atoms with van der Waals surface area (Å²) in [5.74, 6) is 0.192. The zero-order chi connectivity index (χ0) is 27.4. The molecule has 2 atom stereocenters. The molecule has 0 unspecified atom stereocenters. The molecule has 0 saturated carbocycles. The Labute approximate surface area is 230 Å². The van der Waals surface area contributed by atoms with Gasteiger partial charge in [-0.15, -0.1) is 0 Å². The lowest BCUT2D eigenvalue weighted by atomic mass is 9.75.